The Morgan fingerprint density at radius 1 is 1.06 bits per heavy atom. The number of nitrogens with one attached hydrogen (secondary N) is 2. The second-order valence-electron chi connectivity index (χ2n) is 10.8. The highest BCUT2D eigenvalue weighted by Gasteiger charge is 2.36. The lowest BCUT2D eigenvalue weighted by Crippen LogP contribution is -2.44. The highest BCUT2D eigenvalue weighted by atomic mass is 19.1. The van der Waals surface area contributed by atoms with Crippen molar-refractivity contribution >= 4 is 21.8 Å². The molecule has 1 unspecified atom stereocenters. The summed E-state index contributed by atoms with van der Waals surface area (Å²) in [5.41, 5.74) is 6.32. The molecule has 2 N–H and O–H groups in total. The van der Waals surface area contributed by atoms with Gasteiger partial charge in [-0.25, -0.2) is 4.39 Å². The maximum atomic E-state index is 14.9. The fraction of sp³-hybridized carbons (Fsp3) is 0.429. The number of rotatable bonds is 5. The Kier molecular flexibility index (Phi) is 4.89. The highest BCUT2D eigenvalue weighted by molar-refractivity contribution is 5.88. The van der Waals surface area contributed by atoms with Gasteiger partial charge in [-0.15, -0.1) is 0 Å². The molecule has 0 radical (unpaired) electrons. The lowest BCUT2D eigenvalue weighted by molar-refractivity contribution is 0.0993. The molecule has 5 heteroatoms. The number of para-hydroxylation sites is 1. The molecule has 1 saturated heterocycles. The molecule has 1 atom stereocenters. The van der Waals surface area contributed by atoms with Gasteiger partial charge in [-0.2, -0.15) is 0 Å². The van der Waals surface area contributed by atoms with Crippen LogP contribution in [0.3, 0.4) is 0 Å². The first kappa shape index (κ1) is 20.9. The van der Waals surface area contributed by atoms with Crippen LogP contribution in [-0.4, -0.2) is 58.7 Å². The second kappa shape index (κ2) is 7.71. The third-order valence-electron chi connectivity index (χ3n) is 7.45. The minimum atomic E-state index is -1.25. The molecule has 1 fully saturated rings. The summed E-state index contributed by atoms with van der Waals surface area (Å²) in [6.45, 7) is 7.01. The number of halogens is 1. The Hall–Kier alpha value is -2.63. The van der Waals surface area contributed by atoms with E-state index in [9.17, 15) is 4.39 Å². The van der Waals surface area contributed by atoms with E-state index in [2.05, 4.69) is 75.5 Å². The normalized spacial score (nSPS) is 20.4. The Bertz CT molecular complexity index is 1300. The van der Waals surface area contributed by atoms with Crippen molar-refractivity contribution in [2.75, 3.05) is 33.2 Å². The van der Waals surface area contributed by atoms with Gasteiger partial charge in [-0.05, 0) is 62.9 Å². The van der Waals surface area contributed by atoms with E-state index >= 15 is 0 Å². The van der Waals surface area contributed by atoms with E-state index in [0.717, 1.165) is 25.3 Å². The maximum absolute atomic E-state index is 14.9. The zero-order valence-electron chi connectivity index (χ0n) is 19.8. The molecule has 0 bridgehead atoms. The monoisotopic (exact) mass is 444 g/mol. The number of hydrogen-bond donors (Lipinski definition) is 2. The van der Waals surface area contributed by atoms with Crippen molar-refractivity contribution in [1.82, 2.24) is 19.8 Å². The third kappa shape index (κ3) is 3.77. The van der Waals surface area contributed by atoms with Crippen LogP contribution in [0.1, 0.15) is 42.3 Å². The molecule has 2 aromatic heterocycles. The number of alkyl halides is 1. The summed E-state index contributed by atoms with van der Waals surface area (Å²) in [5.74, 6) is 0.761. The molecule has 2 aliphatic heterocycles. The number of nitrogens with zero attached hydrogens (tertiary/aromatic N) is 2. The summed E-state index contributed by atoms with van der Waals surface area (Å²) < 4.78 is 14.9. The summed E-state index contributed by atoms with van der Waals surface area (Å²) in [7, 11) is 2.18. The van der Waals surface area contributed by atoms with E-state index < -0.39 is 5.67 Å². The van der Waals surface area contributed by atoms with Crippen LogP contribution < -0.4 is 0 Å². The van der Waals surface area contributed by atoms with Gasteiger partial charge in [0.05, 0.1) is 6.04 Å². The van der Waals surface area contributed by atoms with Gasteiger partial charge in [0.1, 0.15) is 5.67 Å². The Balaban J connectivity index is 1.42. The van der Waals surface area contributed by atoms with Crippen molar-refractivity contribution in [3.63, 3.8) is 0 Å². The quantitative estimate of drug-likeness (QED) is 0.430. The first-order valence-electron chi connectivity index (χ1n) is 12.2. The summed E-state index contributed by atoms with van der Waals surface area (Å²) in [5, 5.41) is 2.53. The minimum absolute atomic E-state index is 0.0102. The van der Waals surface area contributed by atoms with Crippen molar-refractivity contribution < 1.29 is 4.39 Å². The van der Waals surface area contributed by atoms with Gasteiger partial charge in [0.2, 0.25) is 0 Å². The minimum Gasteiger partial charge on any atom is -0.361 e. The van der Waals surface area contributed by atoms with E-state index in [0.29, 0.717) is 6.54 Å². The van der Waals surface area contributed by atoms with Gasteiger partial charge in [-0.3, -0.25) is 4.90 Å². The van der Waals surface area contributed by atoms with Crippen molar-refractivity contribution in [2.45, 2.75) is 38.4 Å². The first-order valence-corrected chi connectivity index (χ1v) is 12.2. The Labute approximate surface area is 194 Å². The standard InChI is InChI=1S/C28H33FN4/c1-28(2,29)17-33-11-10-22-20-6-4-5-7-24(20)31-26(22)27(33)23-14-30-25-13-18(8-9-21(23)25)12-19-15-32(3)16-19/h4-9,13-14,19,27,30-31H,10-12,15-17H2,1-3H3. The molecule has 0 saturated carbocycles. The average molecular weight is 445 g/mol. The molecule has 2 aromatic carbocycles. The van der Waals surface area contributed by atoms with Gasteiger partial charge in [0.15, 0.2) is 0 Å². The molecule has 4 heterocycles. The SMILES string of the molecule is CN1CC(Cc2ccc3c(C4c5[nH]c6ccccc6c5CCN4CC(C)(C)F)c[nH]c3c2)C1. The summed E-state index contributed by atoms with van der Waals surface area (Å²) in [4.78, 5) is 11.9. The van der Waals surface area contributed by atoms with Gasteiger partial charge in [0.25, 0.3) is 0 Å². The van der Waals surface area contributed by atoms with Crippen molar-refractivity contribution in [3.8, 4) is 0 Å². The smallest absolute Gasteiger partial charge is 0.118 e. The molecule has 4 nitrogen and oxygen atoms in total. The second-order valence-corrected chi connectivity index (χ2v) is 10.8. The maximum Gasteiger partial charge on any atom is 0.118 e. The zero-order chi connectivity index (χ0) is 22.7. The summed E-state index contributed by atoms with van der Waals surface area (Å²) >= 11 is 0. The van der Waals surface area contributed by atoms with E-state index in [1.165, 1.54) is 57.3 Å². The van der Waals surface area contributed by atoms with Gasteiger partial charge in [0, 0.05) is 65.4 Å². The van der Waals surface area contributed by atoms with Crippen LogP contribution in [0, 0.1) is 5.92 Å². The number of benzene rings is 2. The number of hydrogen-bond acceptors (Lipinski definition) is 2. The number of H-pyrrole nitrogens is 2. The fourth-order valence-corrected chi connectivity index (χ4v) is 6.14. The molecular weight excluding hydrogens is 411 g/mol. The third-order valence-corrected chi connectivity index (χ3v) is 7.45. The van der Waals surface area contributed by atoms with Crippen molar-refractivity contribution in [3.05, 3.63) is 71.0 Å². The molecule has 0 aliphatic carbocycles. The predicted molar refractivity (Wildman–Crippen MR) is 134 cm³/mol. The topological polar surface area (TPSA) is 38.1 Å². The average Bonchev–Trinajstić information content (AvgIpc) is 3.32. The van der Waals surface area contributed by atoms with Crippen molar-refractivity contribution in [1.29, 1.82) is 0 Å². The fourth-order valence-electron chi connectivity index (χ4n) is 6.14. The van der Waals surface area contributed by atoms with E-state index in [1.54, 1.807) is 13.8 Å². The van der Waals surface area contributed by atoms with Gasteiger partial charge < -0.3 is 14.9 Å². The molecule has 2 aliphatic rings. The summed E-state index contributed by atoms with van der Waals surface area (Å²) in [6.07, 6.45) is 4.22. The van der Waals surface area contributed by atoms with Gasteiger partial charge in [-0.1, -0.05) is 30.3 Å². The molecule has 0 amide bonds. The van der Waals surface area contributed by atoms with Crippen LogP contribution >= 0.6 is 0 Å². The van der Waals surface area contributed by atoms with Gasteiger partial charge >= 0.3 is 0 Å². The largest absolute Gasteiger partial charge is 0.361 e. The molecule has 4 aromatic rings. The zero-order valence-corrected chi connectivity index (χ0v) is 19.8. The number of likely N-dealkylation sites (tertiary alicyclic amines) is 1. The van der Waals surface area contributed by atoms with E-state index in [1.807, 2.05) is 0 Å². The molecule has 172 valence electrons. The van der Waals surface area contributed by atoms with Crippen LogP contribution in [0.2, 0.25) is 0 Å². The van der Waals surface area contributed by atoms with Crippen molar-refractivity contribution in [2.24, 2.45) is 5.92 Å². The van der Waals surface area contributed by atoms with Crippen LogP contribution in [0.15, 0.2) is 48.7 Å². The number of fused-ring (bicyclic) bond motifs is 4. The number of aromatic nitrogens is 2. The first-order chi connectivity index (χ1) is 15.9. The summed E-state index contributed by atoms with van der Waals surface area (Å²) in [6, 6.07) is 15.4. The van der Waals surface area contributed by atoms with Crippen LogP contribution in [0.25, 0.3) is 21.8 Å². The molecule has 0 spiro atoms. The van der Waals surface area contributed by atoms with Crippen LogP contribution in [0.4, 0.5) is 4.39 Å². The molecule has 6 rings (SSSR count). The number of aromatic amines is 2. The van der Waals surface area contributed by atoms with Crippen LogP contribution in [0.5, 0.6) is 0 Å². The Morgan fingerprint density at radius 3 is 2.67 bits per heavy atom. The lowest BCUT2D eigenvalue weighted by atomic mass is 9.90. The van der Waals surface area contributed by atoms with Crippen LogP contribution in [-0.2, 0) is 12.8 Å². The molecule has 33 heavy (non-hydrogen) atoms. The highest BCUT2D eigenvalue weighted by Crippen LogP contribution is 2.41. The van der Waals surface area contributed by atoms with E-state index in [-0.39, 0.29) is 6.04 Å². The van der Waals surface area contributed by atoms with E-state index in [4.69, 9.17) is 0 Å². The molecular formula is C28H33FN4. The Morgan fingerprint density at radius 2 is 1.88 bits per heavy atom. The lowest BCUT2D eigenvalue weighted by Gasteiger charge is -2.38. The predicted octanol–water partition coefficient (Wildman–Crippen LogP) is 5.45.